The zero-order valence-electron chi connectivity index (χ0n) is 9.01. The van der Waals surface area contributed by atoms with E-state index in [-0.39, 0.29) is 11.3 Å². The lowest BCUT2D eigenvalue weighted by molar-refractivity contribution is 0.0698. The van der Waals surface area contributed by atoms with Crippen molar-refractivity contribution in [3.8, 4) is 0 Å². The predicted molar refractivity (Wildman–Crippen MR) is 70.7 cm³/mol. The molecule has 0 aliphatic heterocycles. The van der Waals surface area contributed by atoms with Crippen LogP contribution in [-0.2, 0) is 0 Å². The minimum atomic E-state index is -1.07. The van der Waals surface area contributed by atoms with Crippen LogP contribution in [-0.4, -0.2) is 17.0 Å². The topological polar surface area (TPSA) is 66.4 Å². The number of amides is 1. The monoisotopic (exact) mass is 281 g/mol. The standard InChI is InChI=1S/C12H8ClNO3S/c13-8-3-1-2-7(4-8)11(15)14-10-6-18-5-9(10)12(16)17/h1-6H,(H,14,15)(H,16,17). The number of carboxylic acids is 1. The van der Waals surface area contributed by atoms with E-state index in [2.05, 4.69) is 5.32 Å². The highest BCUT2D eigenvalue weighted by atomic mass is 35.5. The summed E-state index contributed by atoms with van der Waals surface area (Å²) in [6.07, 6.45) is 0. The van der Waals surface area contributed by atoms with Crippen molar-refractivity contribution < 1.29 is 14.7 Å². The molecule has 1 amide bonds. The van der Waals surface area contributed by atoms with Gasteiger partial charge in [-0.25, -0.2) is 4.79 Å². The Kier molecular flexibility index (Phi) is 3.64. The summed E-state index contributed by atoms with van der Waals surface area (Å²) < 4.78 is 0. The Morgan fingerprint density at radius 1 is 1.28 bits per heavy atom. The van der Waals surface area contributed by atoms with Gasteiger partial charge in [0.25, 0.3) is 5.91 Å². The Hall–Kier alpha value is -1.85. The molecule has 0 unspecified atom stereocenters. The van der Waals surface area contributed by atoms with E-state index in [1.807, 2.05) is 0 Å². The molecule has 1 aromatic carbocycles. The van der Waals surface area contributed by atoms with Crippen LogP contribution in [0, 0.1) is 0 Å². The van der Waals surface area contributed by atoms with Crippen LogP contribution < -0.4 is 5.32 Å². The average Bonchev–Trinajstić information content (AvgIpc) is 2.77. The first kappa shape index (κ1) is 12.6. The molecule has 0 saturated carbocycles. The summed E-state index contributed by atoms with van der Waals surface area (Å²) in [4.78, 5) is 22.8. The van der Waals surface area contributed by atoms with Crippen molar-refractivity contribution in [3.05, 3.63) is 51.2 Å². The third-order valence-electron chi connectivity index (χ3n) is 2.23. The Morgan fingerprint density at radius 2 is 2.06 bits per heavy atom. The first-order chi connectivity index (χ1) is 8.58. The van der Waals surface area contributed by atoms with E-state index >= 15 is 0 Å². The third kappa shape index (κ3) is 2.69. The Labute approximate surface area is 112 Å². The third-order valence-corrected chi connectivity index (χ3v) is 3.21. The molecule has 1 heterocycles. The molecular formula is C12H8ClNO3S. The predicted octanol–water partition coefficient (Wildman–Crippen LogP) is 3.35. The molecule has 0 aliphatic rings. The molecule has 2 rings (SSSR count). The lowest BCUT2D eigenvalue weighted by Crippen LogP contribution is -2.13. The fourth-order valence-corrected chi connectivity index (χ4v) is 2.33. The largest absolute Gasteiger partial charge is 0.478 e. The maximum Gasteiger partial charge on any atom is 0.338 e. The van der Waals surface area contributed by atoms with Crippen LogP contribution in [0.4, 0.5) is 5.69 Å². The number of aromatic carboxylic acids is 1. The summed E-state index contributed by atoms with van der Waals surface area (Å²) in [5.74, 6) is -1.46. The van der Waals surface area contributed by atoms with Crippen molar-refractivity contribution in [2.45, 2.75) is 0 Å². The number of nitrogens with one attached hydrogen (secondary N) is 1. The van der Waals surface area contributed by atoms with Crippen LogP contribution >= 0.6 is 22.9 Å². The van der Waals surface area contributed by atoms with Crippen molar-refractivity contribution in [1.82, 2.24) is 0 Å². The zero-order chi connectivity index (χ0) is 13.1. The van der Waals surface area contributed by atoms with Gasteiger partial charge in [0.15, 0.2) is 0 Å². The molecule has 0 atom stereocenters. The van der Waals surface area contributed by atoms with Gasteiger partial charge in [-0.3, -0.25) is 4.79 Å². The minimum absolute atomic E-state index is 0.0791. The molecule has 18 heavy (non-hydrogen) atoms. The first-order valence-electron chi connectivity index (χ1n) is 4.94. The number of halogens is 1. The molecule has 2 N–H and O–H groups in total. The summed E-state index contributed by atoms with van der Waals surface area (Å²) in [6, 6.07) is 6.44. The highest BCUT2D eigenvalue weighted by molar-refractivity contribution is 7.08. The number of rotatable bonds is 3. The Balaban J connectivity index is 2.21. The molecular weight excluding hydrogens is 274 g/mol. The summed E-state index contributed by atoms with van der Waals surface area (Å²) in [6.45, 7) is 0. The van der Waals surface area contributed by atoms with Crippen molar-refractivity contribution in [3.63, 3.8) is 0 Å². The van der Waals surface area contributed by atoms with Gasteiger partial charge in [0.2, 0.25) is 0 Å². The number of thiophene rings is 1. The van der Waals surface area contributed by atoms with E-state index in [0.29, 0.717) is 10.6 Å². The summed E-state index contributed by atoms with van der Waals surface area (Å²) in [5.41, 5.74) is 0.748. The second-order valence-corrected chi connectivity index (χ2v) is 4.65. The van der Waals surface area contributed by atoms with E-state index in [9.17, 15) is 9.59 Å². The minimum Gasteiger partial charge on any atom is -0.478 e. The smallest absolute Gasteiger partial charge is 0.338 e. The SMILES string of the molecule is O=C(Nc1cscc1C(=O)O)c1cccc(Cl)c1. The highest BCUT2D eigenvalue weighted by Gasteiger charge is 2.14. The fraction of sp³-hybridized carbons (Fsp3) is 0. The van der Waals surface area contributed by atoms with Crippen molar-refractivity contribution in [2.75, 3.05) is 5.32 Å². The van der Waals surface area contributed by atoms with E-state index in [4.69, 9.17) is 16.7 Å². The van der Waals surface area contributed by atoms with Crippen LogP contribution in [0.3, 0.4) is 0 Å². The van der Waals surface area contributed by atoms with Gasteiger partial charge in [-0.1, -0.05) is 17.7 Å². The van der Waals surface area contributed by atoms with Crippen LogP contribution in [0.15, 0.2) is 35.0 Å². The molecule has 0 bridgehead atoms. The highest BCUT2D eigenvalue weighted by Crippen LogP contribution is 2.22. The van der Waals surface area contributed by atoms with Crippen LogP contribution in [0.25, 0.3) is 0 Å². The van der Waals surface area contributed by atoms with Gasteiger partial charge < -0.3 is 10.4 Å². The van der Waals surface area contributed by atoms with Crippen LogP contribution in [0.2, 0.25) is 5.02 Å². The molecule has 0 saturated heterocycles. The lowest BCUT2D eigenvalue weighted by Gasteiger charge is -2.04. The number of carbonyl (C=O) groups is 2. The number of hydrogen-bond acceptors (Lipinski definition) is 3. The fourth-order valence-electron chi connectivity index (χ4n) is 1.38. The molecule has 0 fully saturated rings. The van der Waals surface area contributed by atoms with Gasteiger partial charge in [0, 0.05) is 21.3 Å². The Morgan fingerprint density at radius 3 is 2.72 bits per heavy atom. The second-order valence-electron chi connectivity index (χ2n) is 3.47. The van der Waals surface area contributed by atoms with Crippen molar-refractivity contribution in [1.29, 1.82) is 0 Å². The van der Waals surface area contributed by atoms with E-state index in [1.54, 1.807) is 23.6 Å². The van der Waals surface area contributed by atoms with Gasteiger partial charge in [-0.2, -0.15) is 0 Å². The summed E-state index contributed by atoms with van der Waals surface area (Å²) >= 11 is 6.99. The zero-order valence-corrected chi connectivity index (χ0v) is 10.6. The maximum absolute atomic E-state index is 11.9. The number of anilines is 1. The van der Waals surface area contributed by atoms with Gasteiger partial charge in [-0.15, -0.1) is 11.3 Å². The van der Waals surface area contributed by atoms with Gasteiger partial charge in [-0.05, 0) is 18.2 Å². The van der Waals surface area contributed by atoms with Crippen LogP contribution in [0.1, 0.15) is 20.7 Å². The first-order valence-corrected chi connectivity index (χ1v) is 6.26. The molecule has 0 spiro atoms. The molecule has 2 aromatic rings. The maximum atomic E-state index is 11.9. The van der Waals surface area contributed by atoms with Crippen molar-refractivity contribution in [2.24, 2.45) is 0 Å². The normalized spacial score (nSPS) is 10.1. The molecule has 1 aromatic heterocycles. The summed E-state index contributed by atoms with van der Waals surface area (Å²) in [7, 11) is 0. The molecule has 92 valence electrons. The number of hydrogen-bond donors (Lipinski definition) is 2. The molecule has 4 nitrogen and oxygen atoms in total. The lowest BCUT2D eigenvalue weighted by atomic mass is 10.2. The van der Waals surface area contributed by atoms with Crippen LogP contribution in [0.5, 0.6) is 0 Å². The Bertz CT molecular complexity index is 609. The van der Waals surface area contributed by atoms with Gasteiger partial charge >= 0.3 is 5.97 Å². The second kappa shape index (κ2) is 5.20. The number of carbonyl (C=O) groups excluding carboxylic acids is 1. The molecule has 0 radical (unpaired) electrons. The van der Waals surface area contributed by atoms with E-state index in [1.165, 1.54) is 22.8 Å². The average molecular weight is 282 g/mol. The van der Waals surface area contributed by atoms with E-state index in [0.717, 1.165) is 0 Å². The quantitative estimate of drug-likeness (QED) is 0.906. The van der Waals surface area contributed by atoms with Gasteiger partial charge in [0.05, 0.1) is 11.3 Å². The van der Waals surface area contributed by atoms with E-state index < -0.39 is 11.9 Å². The van der Waals surface area contributed by atoms with Crippen molar-refractivity contribution >= 4 is 40.5 Å². The molecule has 6 heteroatoms. The molecule has 0 aliphatic carbocycles. The van der Waals surface area contributed by atoms with Gasteiger partial charge in [0.1, 0.15) is 0 Å². The summed E-state index contributed by atoms with van der Waals surface area (Å²) in [5, 5.41) is 15.0. The number of carboxylic acid groups (broad SMARTS) is 1. The number of benzene rings is 1.